The van der Waals surface area contributed by atoms with Gasteiger partial charge in [-0.1, -0.05) is 0 Å². The minimum absolute atomic E-state index is 0. The van der Waals surface area contributed by atoms with E-state index in [0.717, 1.165) is 0 Å². The van der Waals surface area contributed by atoms with Crippen LogP contribution < -0.4 is 0 Å². The van der Waals surface area contributed by atoms with Crippen LogP contribution in [0.25, 0.3) is 73.8 Å². The normalized spacial score (nSPS) is 6.00. The molecule has 36 N–H and O–H groups in total. The molecule has 0 bridgehead atoms. The molecule has 0 aliphatic heterocycles. The molecule has 0 atom stereocenters. The number of nitrogens with two attached hydrogens (primary N) is 12. The first kappa shape index (κ1) is 161. The van der Waals surface area contributed by atoms with Gasteiger partial charge in [0.1, 0.15) is 0 Å². The molecule has 0 aliphatic carbocycles. The minimum atomic E-state index is -1.63. The maximum Gasteiger partial charge on any atom is 2.00 e. The first-order valence-corrected chi connectivity index (χ1v) is 5.55. The number of rotatable bonds is 6. The zero-order valence-electron chi connectivity index (χ0n) is 19.9. The van der Waals surface area contributed by atoms with E-state index in [9.17, 15) is 0 Å². The Morgan fingerprint density at radius 2 is 0.256 bits per heavy atom. The summed E-state index contributed by atoms with van der Waals surface area (Å²) in [5, 5.41) is 95.5. The van der Waals surface area contributed by atoms with Gasteiger partial charge in [-0.25, -0.2) is 0 Å². The van der Waals surface area contributed by atoms with Crippen LogP contribution in [0.1, 0.15) is 19.3 Å². The zero-order chi connectivity index (χ0) is 17.6. The Hall–Kier alpha value is 2.78. The standard InChI is InChI=1S/3C3H8O4.12H2N.6Rh/c3*4-2(5)1-3(6)7;;;;;;;;;;;;;;;;;;/h3*2-7H,1H2;12*1H2;;;;;;/q;;;12*-1;6*+2. The summed E-state index contributed by atoms with van der Waals surface area (Å²) >= 11 is 0. The van der Waals surface area contributed by atoms with Crippen molar-refractivity contribution in [2.45, 2.75) is 57.0 Å². The van der Waals surface area contributed by atoms with Crippen molar-refractivity contribution in [1.29, 1.82) is 0 Å². The Morgan fingerprint density at radius 3 is 0.256 bits per heavy atom. The predicted molar refractivity (Wildman–Crippen MR) is 127 cm³/mol. The Morgan fingerprint density at radius 1 is 0.205 bits per heavy atom. The summed E-state index contributed by atoms with van der Waals surface area (Å²) in [6.45, 7) is 0. The maximum absolute atomic E-state index is 7.96. The van der Waals surface area contributed by atoms with Gasteiger partial charge in [0, 0.05) is 19.3 Å². The summed E-state index contributed by atoms with van der Waals surface area (Å²) in [4.78, 5) is 0. The van der Waals surface area contributed by atoms with Gasteiger partial charge in [0.05, 0.1) is 0 Å². The molecule has 0 saturated heterocycles. The molecule has 0 aromatic heterocycles. The van der Waals surface area contributed by atoms with Crippen molar-refractivity contribution < 1.29 is 178 Å². The Balaban J connectivity index is -0.00000000533. The number of aliphatic hydroxyl groups excluding tert-OH is 6. The van der Waals surface area contributed by atoms with Crippen LogP contribution in [0.15, 0.2) is 0 Å². The van der Waals surface area contributed by atoms with Crippen molar-refractivity contribution in [3.05, 3.63) is 73.8 Å². The smallest absolute Gasteiger partial charge is 0.693 e. The largest absolute Gasteiger partial charge is 2.00 e. The molecule has 24 nitrogen and oxygen atoms in total. The molecule has 0 heterocycles. The van der Waals surface area contributed by atoms with Gasteiger partial charge in [-0.3, -0.25) is 0 Å². The number of hydrogen-bond donors (Lipinski definition) is 12. The molecule has 0 unspecified atom stereocenters. The molecule has 0 aromatic carbocycles. The van der Waals surface area contributed by atoms with E-state index in [4.69, 9.17) is 61.3 Å². The second-order valence-corrected chi connectivity index (χ2v) is 3.59. The summed E-state index contributed by atoms with van der Waals surface area (Å²) in [6.07, 6.45) is -11.0. The van der Waals surface area contributed by atoms with E-state index in [-0.39, 0.29) is 191 Å². The molecule has 6 radical (unpaired) electrons. The molecule has 270 valence electrons. The van der Waals surface area contributed by atoms with Gasteiger partial charge < -0.3 is 135 Å². The summed E-state index contributed by atoms with van der Waals surface area (Å²) in [6, 6.07) is 0. The first-order valence-electron chi connectivity index (χ1n) is 5.55. The summed E-state index contributed by atoms with van der Waals surface area (Å²) in [5.41, 5.74) is 0. The van der Waals surface area contributed by atoms with Crippen LogP contribution in [-0.2, 0) is 117 Å². The molecule has 0 saturated carbocycles. The van der Waals surface area contributed by atoms with E-state index in [1.54, 1.807) is 0 Å². The molecule has 0 fully saturated rings. The average Bonchev–Trinajstić information content (AvgIpc) is 2.10. The summed E-state index contributed by atoms with van der Waals surface area (Å²) in [5.74, 6) is 0. The second kappa shape index (κ2) is 114. The molecule has 0 aliphatic rings. The Kier molecular flexibility index (Phi) is 471. The van der Waals surface area contributed by atoms with Crippen LogP contribution in [0.4, 0.5) is 0 Å². The number of aliphatic hydroxyl groups is 12. The molecule has 0 aromatic rings. The van der Waals surface area contributed by atoms with Crippen molar-refractivity contribution in [3.8, 4) is 0 Å². The molecular weight excluding hydrogens is 1090 g/mol. The van der Waals surface area contributed by atoms with Gasteiger partial charge in [-0.2, -0.15) is 0 Å². The zero-order valence-corrected chi connectivity index (χ0v) is 29.7. The van der Waals surface area contributed by atoms with Gasteiger partial charge in [0.15, 0.2) is 37.7 Å². The van der Waals surface area contributed by atoms with E-state index >= 15 is 0 Å². The van der Waals surface area contributed by atoms with Crippen LogP contribution in [0.2, 0.25) is 0 Å². The SMILES string of the molecule is OC(O)CC(O)O.OC(O)CC(O)O.OC(O)CC(O)O.[NH2-].[NH2-].[NH2-].[NH2-].[NH2-].[NH2-].[NH2-].[NH2-].[NH2-].[NH2-].[NH2-].[NH2-].[Rh+2].[Rh+2].[Rh+2].[Rh+2].[Rh+2].[Rh+2]. The predicted octanol–water partition coefficient (Wildman–Crippen LogP) is 2.58. The van der Waals surface area contributed by atoms with Crippen molar-refractivity contribution in [3.63, 3.8) is 0 Å². The van der Waals surface area contributed by atoms with Crippen LogP contribution in [0.5, 0.6) is 0 Å². The van der Waals surface area contributed by atoms with Gasteiger partial charge in [-0.05, 0) is 0 Å². The summed E-state index contributed by atoms with van der Waals surface area (Å²) < 4.78 is 0. The fraction of sp³-hybridized carbons (Fsp3) is 1.00. The second-order valence-electron chi connectivity index (χ2n) is 3.59. The molecule has 0 spiro atoms. The molecule has 0 amide bonds. The van der Waals surface area contributed by atoms with Crippen LogP contribution >= 0.6 is 0 Å². The van der Waals surface area contributed by atoms with Crippen LogP contribution in [0, 0.1) is 0 Å². The fourth-order valence-corrected chi connectivity index (χ4v) is 0.566. The Labute approximate surface area is 306 Å². The van der Waals surface area contributed by atoms with E-state index in [1.165, 1.54) is 0 Å². The molecule has 30 heteroatoms. The first-order chi connectivity index (χ1) is 9.38. The van der Waals surface area contributed by atoms with Crippen molar-refractivity contribution in [2.24, 2.45) is 0 Å². The minimum Gasteiger partial charge on any atom is -0.693 e. The third kappa shape index (κ3) is 281. The number of hydrogen-bond acceptors (Lipinski definition) is 12. The Bertz CT molecular complexity index is 197. The molecular formula is C9H48N12O12Rh6. The van der Waals surface area contributed by atoms with Crippen molar-refractivity contribution in [1.82, 2.24) is 0 Å². The van der Waals surface area contributed by atoms with Gasteiger partial charge in [0.2, 0.25) is 0 Å². The van der Waals surface area contributed by atoms with E-state index in [1.807, 2.05) is 0 Å². The topological polar surface area (TPSA) is 645 Å². The van der Waals surface area contributed by atoms with E-state index in [0.29, 0.717) is 0 Å². The third-order valence-corrected chi connectivity index (χ3v) is 1.26. The van der Waals surface area contributed by atoms with Gasteiger partial charge in [0.25, 0.3) is 0 Å². The fourth-order valence-electron chi connectivity index (χ4n) is 0.566. The van der Waals surface area contributed by atoms with E-state index < -0.39 is 57.0 Å². The maximum atomic E-state index is 7.96. The quantitative estimate of drug-likeness (QED) is 0.135. The van der Waals surface area contributed by atoms with Gasteiger partial charge in [-0.15, -0.1) is 0 Å². The summed E-state index contributed by atoms with van der Waals surface area (Å²) in [7, 11) is 0. The third-order valence-electron chi connectivity index (χ3n) is 1.26. The monoisotopic (exact) mass is 1130 g/mol. The molecule has 0 rings (SSSR count). The van der Waals surface area contributed by atoms with Crippen LogP contribution in [0.3, 0.4) is 0 Å². The molecule has 39 heavy (non-hydrogen) atoms. The average molecular weight is 1130 g/mol. The van der Waals surface area contributed by atoms with Crippen molar-refractivity contribution >= 4 is 0 Å². The van der Waals surface area contributed by atoms with Crippen molar-refractivity contribution in [2.75, 3.05) is 0 Å². The van der Waals surface area contributed by atoms with Gasteiger partial charge >= 0.3 is 117 Å². The van der Waals surface area contributed by atoms with Crippen LogP contribution in [-0.4, -0.2) is 99.0 Å². The van der Waals surface area contributed by atoms with E-state index in [2.05, 4.69) is 0 Å².